The molecule has 3 heteroatoms. The maximum absolute atomic E-state index is 4.64. The van der Waals surface area contributed by atoms with E-state index < -0.39 is 0 Å². The quantitative estimate of drug-likeness (QED) is 0.727. The summed E-state index contributed by atoms with van der Waals surface area (Å²) in [6.45, 7) is 3.09. The van der Waals surface area contributed by atoms with Gasteiger partial charge in [0.1, 0.15) is 0 Å². The second-order valence-corrected chi connectivity index (χ2v) is 6.41. The van der Waals surface area contributed by atoms with Crippen molar-refractivity contribution in [1.29, 1.82) is 0 Å². The number of nitrogens with zero attached hydrogens (tertiary/aromatic N) is 1. The predicted molar refractivity (Wildman–Crippen MR) is 86.1 cm³/mol. The van der Waals surface area contributed by atoms with Crippen LogP contribution in [-0.4, -0.2) is 17.3 Å². The van der Waals surface area contributed by atoms with Crippen molar-refractivity contribution in [3.05, 3.63) is 45.6 Å². The van der Waals surface area contributed by atoms with Crippen LogP contribution in [0.4, 0.5) is 0 Å². The van der Waals surface area contributed by atoms with Crippen LogP contribution in [0.25, 0.3) is 0 Å². The molecule has 2 rings (SSSR count). The van der Waals surface area contributed by atoms with E-state index in [4.69, 9.17) is 0 Å². The van der Waals surface area contributed by atoms with Crippen LogP contribution in [0.15, 0.2) is 41.4 Å². The highest BCUT2D eigenvalue weighted by Crippen LogP contribution is 2.23. The first kappa shape index (κ1) is 13.1. The molecule has 90 valence electrons. The second kappa shape index (κ2) is 6.59. The topological polar surface area (TPSA) is 12.4 Å². The fourth-order valence-electron chi connectivity index (χ4n) is 1.73. The number of hydrogen-bond acceptors (Lipinski definition) is 2. The van der Waals surface area contributed by atoms with E-state index in [1.807, 2.05) is 11.8 Å². The van der Waals surface area contributed by atoms with E-state index >= 15 is 0 Å². The molecule has 0 saturated heterocycles. The van der Waals surface area contributed by atoms with Gasteiger partial charge in [0.15, 0.2) is 0 Å². The molecule has 1 aliphatic rings. The third-order valence-electron chi connectivity index (χ3n) is 2.67. The summed E-state index contributed by atoms with van der Waals surface area (Å²) in [4.78, 5) is 4.64. The van der Waals surface area contributed by atoms with Crippen molar-refractivity contribution in [3.63, 3.8) is 0 Å². The van der Waals surface area contributed by atoms with Crippen LogP contribution in [0.3, 0.4) is 0 Å². The maximum Gasteiger partial charge on any atom is 0.0901 e. The normalized spacial score (nSPS) is 19.2. The summed E-state index contributed by atoms with van der Waals surface area (Å²) in [5, 5.41) is 1.19. The first-order valence-corrected chi connectivity index (χ1v) is 7.97. The largest absolute Gasteiger partial charge is 0.277 e. The lowest BCUT2D eigenvalue weighted by molar-refractivity contribution is 0.844. The molecule has 1 aromatic carbocycles. The van der Waals surface area contributed by atoms with Crippen LogP contribution in [0.5, 0.6) is 0 Å². The molecule has 0 fully saturated rings. The Bertz CT molecular complexity index is 422. The van der Waals surface area contributed by atoms with Crippen molar-refractivity contribution in [2.45, 2.75) is 19.3 Å². The summed E-state index contributed by atoms with van der Waals surface area (Å²) in [6.07, 6.45) is 5.66. The molecule has 0 radical (unpaired) electrons. The number of thioether (sulfide) groups is 1. The van der Waals surface area contributed by atoms with E-state index in [0.717, 1.165) is 12.3 Å². The molecule has 0 N–H and O–H groups in total. The van der Waals surface area contributed by atoms with E-state index in [1.54, 1.807) is 0 Å². The molecule has 17 heavy (non-hydrogen) atoms. The van der Waals surface area contributed by atoms with Crippen molar-refractivity contribution in [2.75, 3.05) is 12.3 Å². The fraction of sp³-hybridized carbons (Fsp3) is 0.357. The zero-order valence-corrected chi connectivity index (χ0v) is 12.9. The SMILES string of the molecule is CCCSC1=NCC(c2ccc(I)cc2)C=C1. The van der Waals surface area contributed by atoms with Gasteiger partial charge in [0.2, 0.25) is 0 Å². The van der Waals surface area contributed by atoms with Crippen molar-refractivity contribution in [2.24, 2.45) is 4.99 Å². The summed E-state index contributed by atoms with van der Waals surface area (Å²) in [5.74, 6) is 1.62. The first-order chi connectivity index (χ1) is 8.29. The molecule has 1 heterocycles. The van der Waals surface area contributed by atoms with Crippen LogP contribution in [-0.2, 0) is 0 Å². The van der Waals surface area contributed by atoms with Gasteiger partial charge in [-0.1, -0.05) is 25.1 Å². The van der Waals surface area contributed by atoms with Crippen molar-refractivity contribution in [1.82, 2.24) is 0 Å². The molecule has 0 aromatic heterocycles. The fourth-order valence-corrected chi connectivity index (χ4v) is 2.84. The van der Waals surface area contributed by atoms with E-state index in [0.29, 0.717) is 5.92 Å². The van der Waals surface area contributed by atoms with Gasteiger partial charge < -0.3 is 0 Å². The first-order valence-electron chi connectivity index (χ1n) is 5.90. The highest BCUT2D eigenvalue weighted by atomic mass is 127. The molecule has 0 spiro atoms. The Morgan fingerprint density at radius 3 is 2.71 bits per heavy atom. The van der Waals surface area contributed by atoms with E-state index in [-0.39, 0.29) is 0 Å². The van der Waals surface area contributed by atoms with Crippen molar-refractivity contribution < 1.29 is 0 Å². The molecule has 0 bridgehead atoms. The van der Waals surface area contributed by atoms with Gasteiger partial charge in [0, 0.05) is 9.49 Å². The Morgan fingerprint density at radius 2 is 2.12 bits per heavy atom. The second-order valence-electron chi connectivity index (χ2n) is 4.04. The Hall–Kier alpha value is -0.290. The predicted octanol–water partition coefficient (Wildman–Crippen LogP) is 4.49. The van der Waals surface area contributed by atoms with Crippen LogP contribution >= 0.6 is 34.4 Å². The van der Waals surface area contributed by atoms with Gasteiger partial charge in [-0.3, -0.25) is 4.99 Å². The minimum absolute atomic E-state index is 0.456. The smallest absolute Gasteiger partial charge is 0.0901 e. The molecule has 1 aromatic rings. The van der Waals surface area contributed by atoms with Crippen molar-refractivity contribution >= 4 is 39.4 Å². The monoisotopic (exact) mass is 357 g/mol. The van der Waals surface area contributed by atoms with E-state index in [9.17, 15) is 0 Å². The zero-order chi connectivity index (χ0) is 12.1. The number of benzene rings is 1. The molecular formula is C14H16INS. The third kappa shape index (κ3) is 3.85. The van der Waals surface area contributed by atoms with Gasteiger partial charge >= 0.3 is 0 Å². The Balaban J connectivity index is 1.97. The van der Waals surface area contributed by atoms with Crippen LogP contribution in [0, 0.1) is 3.57 Å². The molecule has 1 aliphatic heterocycles. The van der Waals surface area contributed by atoms with Gasteiger partial charge in [-0.25, -0.2) is 0 Å². The zero-order valence-electron chi connectivity index (χ0n) is 9.90. The van der Waals surface area contributed by atoms with Crippen LogP contribution in [0.1, 0.15) is 24.8 Å². The van der Waals surface area contributed by atoms with E-state index in [1.165, 1.54) is 20.6 Å². The lowest BCUT2D eigenvalue weighted by Gasteiger charge is -2.15. The summed E-state index contributed by atoms with van der Waals surface area (Å²) in [5.41, 5.74) is 1.37. The highest BCUT2D eigenvalue weighted by molar-refractivity contribution is 14.1. The maximum atomic E-state index is 4.64. The molecular weight excluding hydrogens is 341 g/mol. The summed E-state index contributed by atoms with van der Waals surface area (Å²) in [7, 11) is 0. The van der Waals surface area contributed by atoms with Crippen molar-refractivity contribution in [3.8, 4) is 0 Å². The molecule has 0 saturated carbocycles. The number of halogens is 1. The van der Waals surface area contributed by atoms with Gasteiger partial charge in [-0.2, -0.15) is 0 Å². The van der Waals surface area contributed by atoms with Gasteiger partial charge in [-0.05, 0) is 58.5 Å². The number of aliphatic imine (C=N–C) groups is 1. The van der Waals surface area contributed by atoms with Crippen LogP contribution in [0.2, 0.25) is 0 Å². The standard InChI is InChI=1S/C14H16INS/c1-2-9-17-14-8-5-12(10-16-14)11-3-6-13(15)7-4-11/h3-8,12H,2,9-10H2,1H3. The molecule has 1 unspecified atom stereocenters. The number of hydrogen-bond donors (Lipinski definition) is 0. The Morgan fingerprint density at radius 1 is 1.35 bits per heavy atom. The minimum atomic E-state index is 0.456. The lowest BCUT2D eigenvalue weighted by atomic mass is 9.98. The van der Waals surface area contributed by atoms with Gasteiger partial charge in [0.05, 0.1) is 11.6 Å². The third-order valence-corrected chi connectivity index (χ3v) is 4.56. The molecule has 0 amide bonds. The van der Waals surface area contributed by atoms with Crippen LogP contribution < -0.4 is 0 Å². The number of rotatable bonds is 3. The summed E-state index contributed by atoms with van der Waals surface area (Å²) < 4.78 is 1.29. The van der Waals surface area contributed by atoms with Gasteiger partial charge in [-0.15, -0.1) is 11.8 Å². The number of dihydropyridines is 1. The Kier molecular flexibility index (Phi) is 5.10. The minimum Gasteiger partial charge on any atom is -0.277 e. The Labute approximate surface area is 121 Å². The van der Waals surface area contributed by atoms with Gasteiger partial charge in [0.25, 0.3) is 0 Å². The average Bonchev–Trinajstić information content (AvgIpc) is 2.38. The molecule has 1 atom stereocenters. The lowest BCUT2D eigenvalue weighted by Crippen LogP contribution is -2.07. The highest BCUT2D eigenvalue weighted by Gasteiger charge is 2.11. The molecule has 1 nitrogen and oxygen atoms in total. The average molecular weight is 357 g/mol. The summed E-state index contributed by atoms with van der Waals surface area (Å²) >= 11 is 4.20. The molecule has 0 aliphatic carbocycles. The van der Waals surface area contributed by atoms with E-state index in [2.05, 4.69) is 70.9 Å². The summed E-state index contributed by atoms with van der Waals surface area (Å²) in [6, 6.07) is 8.73.